The van der Waals surface area contributed by atoms with E-state index < -0.39 is 9.76 Å². The largest absolute Gasteiger partial charge is 0.462 e. The van der Waals surface area contributed by atoms with Crippen molar-refractivity contribution in [2.75, 3.05) is 6.61 Å². The first kappa shape index (κ1) is 15.3. The Kier molecular flexibility index (Phi) is 5.93. The lowest BCUT2D eigenvalue weighted by atomic mass is 10.2. The number of carbonyl (C=O) groups is 2. The Labute approximate surface area is 120 Å². The molecule has 1 aromatic rings. The summed E-state index contributed by atoms with van der Waals surface area (Å²) >= 11 is 16.4. The van der Waals surface area contributed by atoms with E-state index in [0.29, 0.717) is 5.56 Å². The quantitative estimate of drug-likeness (QED) is 0.617. The van der Waals surface area contributed by atoms with Crippen LogP contribution < -0.4 is 0 Å². The zero-order chi connectivity index (χ0) is 13.6. The molecule has 0 amide bonds. The predicted molar refractivity (Wildman–Crippen MR) is 71.3 cm³/mol. The van der Waals surface area contributed by atoms with Gasteiger partial charge in [0.1, 0.15) is 5.78 Å². The first-order chi connectivity index (χ1) is 8.38. The third-order valence-corrected chi connectivity index (χ3v) is 2.42. The third kappa shape index (κ3) is 6.24. The molecule has 0 unspecified atom stereocenters. The van der Waals surface area contributed by atoms with E-state index in [9.17, 15) is 9.59 Å². The van der Waals surface area contributed by atoms with Gasteiger partial charge in [-0.3, -0.25) is 4.79 Å². The van der Waals surface area contributed by atoms with E-state index in [0.717, 1.165) is 0 Å². The monoisotopic (exact) mass is 308 g/mol. The molecular weight excluding hydrogens is 298 g/mol. The SMILES string of the molecule is O=C(CCOC(=O)c1ccccc1)CC(Cl)(Cl)Cl. The third-order valence-electron chi connectivity index (χ3n) is 2.02. The molecule has 18 heavy (non-hydrogen) atoms. The van der Waals surface area contributed by atoms with Crippen LogP contribution in [-0.2, 0) is 9.53 Å². The van der Waals surface area contributed by atoms with E-state index in [1.807, 2.05) is 0 Å². The fourth-order valence-corrected chi connectivity index (χ4v) is 1.67. The summed E-state index contributed by atoms with van der Waals surface area (Å²) in [5.41, 5.74) is 0.436. The van der Waals surface area contributed by atoms with Crippen molar-refractivity contribution in [2.45, 2.75) is 16.6 Å². The number of Topliss-reactive ketones (excluding diaryl/α,β-unsaturated/α-hetero) is 1. The predicted octanol–water partition coefficient (Wildman–Crippen LogP) is 3.56. The summed E-state index contributed by atoms with van der Waals surface area (Å²) in [4.78, 5) is 22.8. The van der Waals surface area contributed by atoms with Crippen molar-refractivity contribution < 1.29 is 14.3 Å². The van der Waals surface area contributed by atoms with Gasteiger partial charge in [0.05, 0.1) is 18.6 Å². The van der Waals surface area contributed by atoms with Crippen LogP contribution in [0, 0.1) is 0 Å². The molecule has 0 radical (unpaired) electrons. The molecule has 0 N–H and O–H groups in total. The fourth-order valence-electron chi connectivity index (χ4n) is 1.23. The highest BCUT2D eigenvalue weighted by atomic mass is 35.6. The lowest BCUT2D eigenvalue weighted by Crippen LogP contribution is -2.15. The molecule has 0 saturated heterocycles. The summed E-state index contributed by atoms with van der Waals surface area (Å²) in [6.07, 6.45) is -0.160. The average molecular weight is 310 g/mol. The summed E-state index contributed by atoms with van der Waals surface area (Å²) in [5, 5.41) is 0. The number of benzene rings is 1. The maximum absolute atomic E-state index is 11.5. The summed E-state index contributed by atoms with van der Waals surface area (Å²) < 4.78 is 3.33. The topological polar surface area (TPSA) is 43.4 Å². The van der Waals surface area contributed by atoms with Gasteiger partial charge in [0.2, 0.25) is 0 Å². The van der Waals surface area contributed by atoms with Gasteiger partial charge < -0.3 is 4.74 Å². The highest BCUT2D eigenvalue weighted by Crippen LogP contribution is 2.30. The van der Waals surface area contributed by atoms with Crippen LogP contribution in [-0.4, -0.2) is 22.2 Å². The number of halogens is 3. The van der Waals surface area contributed by atoms with Crippen LogP contribution in [0.4, 0.5) is 0 Å². The molecule has 0 fully saturated rings. The van der Waals surface area contributed by atoms with Gasteiger partial charge in [-0.15, -0.1) is 0 Å². The van der Waals surface area contributed by atoms with Gasteiger partial charge in [0, 0.05) is 6.42 Å². The van der Waals surface area contributed by atoms with Crippen molar-refractivity contribution in [1.82, 2.24) is 0 Å². The second kappa shape index (κ2) is 6.98. The molecule has 1 aromatic carbocycles. The number of carbonyl (C=O) groups excluding carboxylic acids is 2. The van der Waals surface area contributed by atoms with Crippen molar-refractivity contribution in [1.29, 1.82) is 0 Å². The van der Waals surface area contributed by atoms with Crippen LogP contribution in [0.5, 0.6) is 0 Å². The molecule has 0 aliphatic rings. The Morgan fingerprint density at radius 3 is 2.28 bits per heavy atom. The average Bonchev–Trinajstić information content (AvgIpc) is 2.27. The van der Waals surface area contributed by atoms with E-state index in [2.05, 4.69) is 0 Å². The molecule has 3 nitrogen and oxygen atoms in total. The molecule has 1 rings (SSSR count). The van der Waals surface area contributed by atoms with E-state index >= 15 is 0 Å². The first-order valence-corrected chi connectivity index (χ1v) is 6.32. The van der Waals surface area contributed by atoms with Crippen LogP contribution in [0.1, 0.15) is 23.2 Å². The van der Waals surface area contributed by atoms with Gasteiger partial charge in [0.25, 0.3) is 0 Å². The van der Waals surface area contributed by atoms with Gasteiger partial charge in [0.15, 0.2) is 3.79 Å². The number of alkyl halides is 3. The summed E-state index contributed by atoms with van der Waals surface area (Å²) in [6, 6.07) is 8.51. The van der Waals surface area contributed by atoms with Crippen LogP contribution in [0.25, 0.3) is 0 Å². The van der Waals surface area contributed by atoms with Crippen molar-refractivity contribution >= 4 is 46.6 Å². The van der Waals surface area contributed by atoms with Crippen molar-refractivity contribution in [3.8, 4) is 0 Å². The lowest BCUT2D eigenvalue weighted by Gasteiger charge is -2.09. The lowest BCUT2D eigenvalue weighted by molar-refractivity contribution is -0.119. The Bertz CT molecular complexity index is 412. The molecule has 0 atom stereocenters. The van der Waals surface area contributed by atoms with Crippen LogP contribution in [0.15, 0.2) is 30.3 Å². The Balaban J connectivity index is 2.30. The fraction of sp³-hybridized carbons (Fsp3) is 0.333. The minimum absolute atomic E-state index is 0.0205. The Morgan fingerprint density at radius 2 is 1.72 bits per heavy atom. The number of rotatable bonds is 5. The maximum Gasteiger partial charge on any atom is 0.338 e. The highest BCUT2D eigenvalue weighted by Gasteiger charge is 2.23. The number of ether oxygens (including phenoxy) is 1. The van der Waals surface area contributed by atoms with Gasteiger partial charge in [-0.25, -0.2) is 4.79 Å². The molecule has 0 heterocycles. The number of hydrogen-bond donors (Lipinski definition) is 0. The molecule has 0 bridgehead atoms. The molecule has 0 spiro atoms. The molecule has 0 aliphatic carbocycles. The van der Waals surface area contributed by atoms with E-state index in [1.54, 1.807) is 30.3 Å². The number of ketones is 1. The first-order valence-electron chi connectivity index (χ1n) is 5.19. The zero-order valence-electron chi connectivity index (χ0n) is 9.37. The Morgan fingerprint density at radius 1 is 1.11 bits per heavy atom. The van der Waals surface area contributed by atoms with Crippen molar-refractivity contribution in [3.63, 3.8) is 0 Å². The van der Waals surface area contributed by atoms with Crippen LogP contribution >= 0.6 is 34.8 Å². The number of hydrogen-bond acceptors (Lipinski definition) is 3. The van der Waals surface area contributed by atoms with Gasteiger partial charge in [-0.2, -0.15) is 0 Å². The molecular formula is C12H11Cl3O3. The van der Waals surface area contributed by atoms with Crippen LogP contribution in [0.2, 0.25) is 0 Å². The second-order valence-corrected chi connectivity index (χ2v) is 6.10. The van der Waals surface area contributed by atoms with Crippen LogP contribution in [0.3, 0.4) is 0 Å². The zero-order valence-corrected chi connectivity index (χ0v) is 11.6. The molecule has 0 saturated carbocycles. The summed E-state index contributed by atoms with van der Waals surface area (Å²) in [5.74, 6) is -0.742. The minimum Gasteiger partial charge on any atom is -0.462 e. The molecule has 98 valence electrons. The molecule has 6 heteroatoms. The van der Waals surface area contributed by atoms with Crippen molar-refractivity contribution in [2.24, 2.45) is 0 Å². The van der Waals surface area contributed by atoms with E-state index in [1.165, 1.54) is 0 Å². The standard InChI is InChI=1S/C12H11Cl3O3/c13-12(14,15)8-10(16)6-7-18-11(17)9-4-2-1-3-5-9/h1-5H,6-8H2. The Hall–Kier alpha value is -0.770. The van der Waals surface area contributed by atoms with Crippen molar-refractivity contribution in [3.05, 3.63) is 35.9 Å². The van der Waals surface area contributed by atoms with Gasteiger partial charge in [-0.05, 0) is 12.1 Å². The normalized spacial score (nSPS) is 11.1. The maximum atomic E-state index is 11.5. The minimum atomic E-state index is -1.60. The van der Waals surface area contributed by atoms with Gasteiger partial charge >= 0.3 is 5.97 Å². The molecule has 0 aliphatic heterocycles. The van der Waals surface area contributed by atoms with E-state index in [-0.39, 0.29) is 25.2 Å². The summed E-state index contributed by atoms with van der Waals surface area (Å²) in [7, 11) is 0. The van der Waals surface area contributed by atoms with Gasteiger partial charge in [-0.1, -0.05) is 53.0 Å². The van der Waals surface area contributed by atoms with E-state index in [4.69, 9.17) is 39.5 Å². The molecule has 0 aromatic heterocycles. The number of esters is 1. The smallest absolute Gasteiger partial charge is 0.338 e. The highest BCUT2D eigenvalue weighted by molar-refractivity contribution is 6.68. The summed E-state index contributed by atoms with van der Waals surface area (Å²) in [6.45, 7) is -0.0205. The second-order valence-electron chi connectivity index (χ2n) is 3.58.